The molecule has 0 aromatic carbocycles. The molecule has 2 aliphatic rings. The number of hydrogen-bond donors (Lipinski definition) is 2. The van der Waals surface area contributed by atoms with Crippen LogP contribution in [0.3, 0.4) is 0 Å². The third kappa shape index (κ3) is 2.54. The predicted molar refractivity (Wildman–Crippen MR) is 62.7 cm³/mol. The van der Waals surface area contributed by atoms with Gasteiger partial charge in [-0.2, -0.15) is 0 Å². The van der Waals surface area contributed by atoms with Crippen LogP contribution >= 0.6 is 0 Å². The van der Waals surface area contributed by atoms with Gasteiger partial charge in [-0.05, 0) is 37.0 Å². The molecule has 2 aliphatic carbocycles. The highest BCUT2D eigenvalue weighted by molar-refractivity contribution is 4.94. The second-order valence-electron chi connectivity index (χ2n) is 5.64. The summed E-state index contributed by atoms with van der Waals surface area (Å²) in [7, 11) is 0. The number of hydrogen-bond acceptors (Lipinski definition) is 2. The van der Waals surface area contributed by atoms with Crippen LogP contribution in [0.2, 0.25) is 0 Å². The van der Waals surface area contributed by atoms with E-state index in [0.717, 1.165) is 24.8 Å². The Bertz CT molecular complexity index is 207. The van der Waals surface area contributed by atoms with Crippen molar-refractivity contribution in [3.63, 3.8) is 0 Å². The van der Waals surface area contributed by atoms with Crippen molar-refractivity contribution >= 4 is 0 Å². The molecule has 0 aliphatic heterocycles. The molecule has 0 aromatic heterocycles. The molecule has 0 aromatic rings. The van der Waals surface area contributed by atoms with Crippen molar-refractivity contribution in [2.24, 2.45) is 17.8 Å². The van der Waals surface area contributed by atoms with Gasteiger partial charge in [-0.1, -0.05) is 26.7 Å². The SMILES string of the molecule is CCC(C)C(O)CNC1CC2CCC1C2. The van der Waals surface area contributed by atoms with E-state index in [1.807, 2.05) is 0 Å². The molecule has 2 bridgehead atoms. The molecule has 0 amide bonds. The summed E-state index contributed by atoms with van der Waals surface area (Å²) in [5, 5.41) is 13.5. The van der Waals surface area contributed by atoms with Gasteiger partial charge in [0.2, 0.25) is 0 Å². The summed E-state index contributed by atoms with van der Waals surface area (Å²) in [6.07, 6.45) is 6.58. The molecule has 5 unspecified atom stereocenters. The normalized spacial score (nSPS) is 38.2. The van der Waals surface area contributed by atoms with E-state index >= 15 is 0 Å². The molecular weight excluding hydrogens is 186 g/mol. The lowest BCUT2D eigenvalue weighted by Gasteiger charge is -2.26. The lowest BCUT2D eigenvalue weighted by Crippen LogP contribution is -2.40. The van der Waals surface area contributed by atoms with Gasteiger partial charge < -0.3 is 10.4 Å². The maximum absolute atomic E-state index is 9.89. The van der Waals surface area contributed by atoms with Crippen molar-refractivity contribution < 1.29 is 5.11 Å². The maximum Gasteiger partial charge on any atom is 0.0690 e. The van der Waals surface area contributed by atoms with E-state index in [9.17, 15) is 5.11 Å². The van der Waals surface area contributed by atoms with Crippen LogP contribution in [-0.2, 0) is 0 Å². The largest absolute Gasteiger partial charge is 0.392 e. The van der Waals surface area contributed by atoms with E-state index in [0.29, 0.717) is 12.0 Å². The van der Waals surface area contributed by atoms with Crippen LogP contribution in [0.25, 0.3) is 0 Å². The Morgan fingerprint density at radius 3 is 2.67 bits per heavy atom. The topological polar surface area (TPSA) is 32.3 Å². The summed E-state index contributed by atoms with van der Waals surface area (Å²) >= 11 is 0. The molecule has 2 rings (SSSR count). The number of aliphatic hydroxyl groups is 1. The van der Waals surface area contributed by atoms with Gasteiger partial charge >= 0.3 is 0 Å². The fourth-order valence-corrected chi connectivity index (χ4v) is 3.24. The second kappa shape index (κ2) is 4.84. The molecule has 2 fully saturated rings. The van der Waals surface area contributed by atoms with Gasteiger partial charge in [0.15, 0.2) is 0 Å². The van der Waals surface area contributed by atoms with Crippen molar-refractivity contribution in [3.8, 4) is 0 Å². The van der Waals surface area contributed by atoms with Crippen LogP contribution in [0, 0.1) is 17.8 Å². The Kier molecular flexibility index (Phi) is 3.68. The van der Waals surface area contributed by atoms with Crippen molar-refractivity contribution in [3.05, 3.63) is 0 Å². The van der Waals surface area contributed by atoms with Gasteiger partial charge in [0, 0.05) is 12.6 Å². The number of aliphatic hydroxyl groups excluding tert-OH is 1. The number of rotatable bonds is 5. The number of nitrogens with one attached hydrogen (secondary N) is 1. The van der Waals surface area contributed by atoms with Crippen molar-refractivity contribution in [2.45, 2.75) is 58.1 Å². The van der Waals surface area contributed by atoms with E-state index in [4.69, 9.17) is 0 Å². The van der Waals surface area contributed by atoms with Crippen LogP contribution in [0.15, 0.2) is 0 Å². The Hall–Kier alpha value is -0.0800. The highest BCUT2D eigenvalue weighted by Gasteiger charge is 2.39. The minimum atomic E-state index is -0.158. The molecule has 2 N–H and O–H groups in total. The second-order valence-corrected chi connectivity index (χ2v) is 5.64. The summed E-state index contributed by atoms with van der Waals surface area (Å²) in [6.45, 7) is 5.07. The molecule has 0 radical (unpaired) electrons. The average Bonchev–Trinajstić information content (AvgIpc) is 2.86. The first-order chi connectivity index (χ1) is 7.20. The Balaban J connectivity index is 1.70. The summed E-state index contributed by atoms with van der Waals surface area (Å²) in [4.78, 5) is 0. The highest BCUT2D eigenvalue weighted by atomic mass is 16.3. The van der Waals surface area contributed by atoms with Crippen molar-refractivity contribution in [2.75, 3.05) is 6.54 Å². The van der Waals surface area contributed by atoms with E-state index in [2.05, 4.69) is 19.2 Å². The molecule has 0 heterocycles. The summed E-state index contributed by atoms with van der Waals surface area (Å²) in [5.74, 6) is 2.34. The molecule has 0 saturated heterocycles. The Labute approximate surface area is 93.5 Å². The Morgan fingerprint density at radius 2 is 2.13 bits per heavy atom. The van der Waals surface area contributed by atoms with E-state index in [-0.39, 0.29) is 6.10 Å². The third-order valence-electron chi connectivity index (χ3n) is 4.63. The van der Waals surface area contributed by atoms with Crippen molar-refractivity contribution in [1.29, 1.82) is 0 Å². The van der Waals surface area contributed by atoms with Gasteiger partial charge in [-0.15, -0.1) is 0 Å². The Morgan fingerprint density at radius 1 is 1.33 bits per heavy atom. The zero-order valence-electron chi connectivity index (χ0n) is 10.1. The molecule has 0 spiro atoms. The minimum Gasteiger partial charge on any atom is -0.392 e. The smallest absolute Gasteiger partial charge is 0.0690 e. The van der Waals surface area contributed by atoms with E-state index in [1.54, 1.807) is 0 Å². The molecule has 2 heteroatoms. The first-order valence-electron chi connectivity index (χ1n) is 6.62. The van der Waals surface area contributed by atoms with E-state index in [1.165, 1.54) is 25.7 Å². The molecule has 88 valence electrons. The van der Waals surface area contributed by atoms with Crippen molar-refractivity contribution in [1.82, 2.24) is 5.32 Å². The van der Waals surface area contributed by atoms with E-state index < -0.39 is 0 Å². The van der Waals surface area contributed by atoms with Gasteiger partial charge in [0.1, 0.15) is 0 Å². The summed E-state index contributed by atoms with van der Waals surface area (Å²) < 4.78 is 0. The zero-order valence-corrected chi connectivity index (χ0v) is 10.1. The molecular formula is C13H25NO. The zero-order chi connectivity index (χ0) is 10.8. The monoisotopic (exact) mass is 211 g/mol. The van der Waals surface area contributed by atoms with Crippen LogP contribution in [0.1, 0.15) is 46.0 Å². The van der Waals surface area contributed by atoms with Gasteiger partial charge in [-0.25, -0.2) is 0 Å². The molecule has 2 saturated carbocycles. The predicted octanol–water partition coefficient (Wildman–Crippen LogP) is 2.17. The average molecular weight is 211 g/mol. The number of fused-ring (bicyclic) bond motifs is 2. The lowest BCUT2D eigenvalue weighted by atomic mass is 9.94. The minimum absolute atomic E-state index is 0.158. The summed E-state index contributed by atoms with van der Waals surface area (Å²) in [5.41, 5.74) is 0. The summed E-state index contributed by atoms with van der Waals surface area (Å²) in [6, 6.07) is 0.711. The fourth-order valence-electron chi connectivity index (χ4n) is 3.24. The van der Waals surface area contributed by atoms with Gasteiger partial charge in [-0.3, -0.25) is 0 Å². The first-order valence-corrected chi connectivity index (χ1v) is 6.62. The quantitative estimate of drug-likeness (QED) is 0.730. The van der Waals surface area contributed by atoms with Gasteiger partial charge in [0.05, 0.1) is 6.10 Å². The highest BCUT2D eigenvalue weighted by Crippen LogP contribution is 2.44. The van der Waals surface area contributed by atoms with Crippen LogP contribution in [-0.4, -0.2) is 23.8 Å². The molecule has 5 atom stereocenters. The van der Waals surface area contributed by atoms with Crippen LogP contribution in [0.4, 0.5) is 0 Å². The maximum atomic E-state index is 9.89. The molecule has 15 heavy (non-hydrogen) atoms. The fraction of sp³-hybridized carbons (Fsp3) is 1.00. The first kappa shape index (κ1) is 11.4. The standard InChI is InChI=1S/C13H25NO/c1-3-9(2)13(15)8-14-12-7-10-4-5-11(12)6-10/h9-15H,3-8H2,1-2H3. The third-order valence-corrected chi connectivity index (χ3v) is 4.63. The van der Waals surface area contributed by atoms with Crippen LogP contribution < -0.4 is 5.32 Å². The molecule has 2 nitrogen and oxygen atoms in total. The van der Waals surface area contributed by atoms with Gasteiger partial charge in [0.25, 0.3) is 0 Å². The lowest BCUT2D eigenvalue weighted by molar-refractivity contribution is 0.106. The van der Waals surface area contributed by atoms with Crippen LogP contribution in [0.5, 0.6) is 0 Å².